The summed E-state index contributed by atoms with van der Waals surface area (Å²) in [6.07, 6.45) is -0.705. The van der Waals surface area contributed by atoms with E-state index in [2.05, 4.69) is 15.9 Å². The molecule has 1 rings (SSSR count). The summed E-state index contributed by atoms with van der Waals surface area (Å²) in [4.78, 5) is 0. The van der Waals surface area contributed by atoms with Crippen molar-refractivity contribution < 1.29 is 24.4 Å². The van der Waals surface area contributed by atoms with Crippen molar-refractivity contribution in [3.8, 4) is 11.5 Å². The zero-order chi connectivity index (χ0) is 13.5. The van der Waals surface area contributed by atoms with Crippen LogP contribution in [-0.4, -0.2) is 43.8 Å². The molecule has 2 N–H and O–H groups in total. The minimum atomic E-state index is -0.705. The molecule has 5 nitrogen and oxygen atoms in total. The fourth-order valence-electron chi connectivity index (χ4n) is 1.42. The van der Waals surface area contributed by atoms with E-state index in [9.17, 15) is 5.11 Å². The fraction of sp³-hybridized carbons (Fsp3) is 0.500. The molecule has 1 aromatic rings. The Morgan fingerprint density at radius 3 is 2.56 bits per heavy atom. The number of aliphatic hydroxyl groups excluding tert-OH is 2. The van der Waals surface area contributed by atoms with E-state index in [0.29, 0.717) is 21.5 Å². The van der Waals surface area contributed by atoms with E-state index in [1.807, 2.05) is 0 Å². The van der Waals surface area contributed by atoms with Crippen LogP contribution < -0.4 is 9.47 Å². The second-order valence-electron chi connectivity index (χ2n) is 3.69. The minimum Gasteiger partial charge on any atom is -0.493 e. The second-order valence-corrected chi connectivity index (χ2v) is 4.54. The summed E-state index contributed by atoms with van der Waals surface area (Å²) in [5.41, 5.74) is 0.712. The van der Waals surface area contributed by atoms with E-state index in [1.165, 1.54) is 14.2 Å². The molecule has 0 aliphatic rings. The first-order chi connectivity index (χ1) is 8.62. The highest BCUT2D eigenvalue weighted by atomic mass is 79.9. The molecule has 0 fully saturated rings. The van der Waals surface area contributed by atoms with Crippen LogP contribution in [0.3, 0.4) is 0 Å². The molecule has 0 bridgehead atoms. The summed E-state index contributed by atoms with van der Waals surface area (Å²) in [6.45, 7) is 0.220. The molecule has 0 saturated carbocycles. The number of benzene rings is 1. The average molecular weight is 321 g/mol. The van der Waals surface area contributed by atoms with Gasteiger partial charge in [0.1, 0.15) is 12.7 Å². The van der Waals surface area contributed by atoms with Gasteiger partial charge in [0.05, 0.1) is 24.8 Å². The predicted octanol–water partition coefficient (Wildman–Crippen LogP) is 1.34. The SMILES string of the molecule is COCC(O)COc1c(Br)cc(CO)cc1OC. The molecule has 0 spiro atoms. The van der Waals surface area contributed by atoms with Gasteiger partial charge in [-0.2, -0.15) is 0 Å². The van der Waals surface area contributed by atoms with Gasteiger partial charge in [-0.3, -0.25) is 0 Å². The van der Waals surface area contributed by atoms with Crippen LogP contribution in [-0.2, 0) is 11.3 Å². The normalized spacial score (nSPS) is 12.3. The van der Waals surface area contributed by atoms with Gasteiger partial charge in [-0.1, -0.05) is 0 Å². The van der Waals surface area contributed by atoms with Gasteiger partial charge in [0.25, 0.3) is 0 Å². The lowest BCUT2D eigenvalue weighted by Gasteiger charge is -2.16. The highest BCUT2D eigenvalue weighted by Crippen LogP contribution is 2.36. The smallest absolute Gasteiger partial charge is 0.175 e. The molecule has 0 saturated heterocycles. The first-order valence-corrected chi connectivity index (χ1v) is 6.18. The first-order valence-electron chi connectivity index (χ1n) is 5.39. The van der Waals surface area contributed by atoms with Crippen molar-refractivity contribution in [3.05, 3.63) is 22.2 Å². The van der Waals surface area contributed by atoms with E-state index in [1.54, 1.807) is 12.1 Å². The van der Waals surface area contributed by atoms with Crippen molar-refractivity contribution in [1.29, 1.82) is 0 Å². The molecule has 102 valence electrons. The zero-order valence-corrected chi connectivity index (χ0v) is 11.9. The average Bonchev–Trinajstić information content (AvgIpc) is 2.36. The maximum atomic E-state index is 9.52. The standard InChI is InChI=1S/C12H17BrO5/c1-16-6-9(15)7-18-12-10(13)3-8(5-14)4-11(12)17-2/h3-4,9,14-15H,5-7H2,1-2H3. The van der Waals surface area contributed by atoms with Crippen LogP contribution >= 0.6 is 15.9 Å². The minimum absolute atomic E-state index is 0.0818. The molecule has 1 atom stereocenters. The Labute approximate surface area is 114 Å². The molecule has 18 heavy (non-hydrogen) atoms. The molecular weight excluding hydrogens is 304 g/mol. The Bertz CT molecular complexity index is 383. The zero-order valence-electron chi connectivity index (χ0n) is 10.4. The number of ether oxygens (including phenoxy) is 3. The van der Waals surface area contributed by atoms with E-state index in [0.717, 1.165) is 0 Å². The van der Waals surface area contributed by atoms with Crippen molar-refractivity contribution in [2.24, 2.45) is 0 Å². The van der Waals surface area contributed by atoms with Crippen LogP contribution in [0.2, 0.25) is 0 Å². The maximum Gasteiger partial charge on any atom is 0.175 e. The van der Waals surface area contributed by atoms with Gasteiger partial charge in [-0.15, -0.1) is 0 Å². The largest absolute Gasteiger partial charge is 0.493 e. The fourth-order valence-corrected chi connectivity index (χ4v) is 2.03. The Kier molecular flexibility index (Phi) is 6.42. The molecule has 6 heteroatoms. The summed E-state index contributed by atoms with van der Waals surface area (Å²) in [5, 5.41) is 18.6. The molecule has 0 radical (unpaired) electrons. The Morgan fingerprint density at radius 1 is 1.28 bits per heavy atom. The number of aliphatic hydroxyl groups is 2. The third-order valence-corrected chi connectivity index (χ3v) is 2.84. The van der Waals surface area contributed by atoms with Crippen LogP contribution in [0, 0.1) is 0 Å². The third kappa shape index (κ3) is 4.13. The number of halogens is 1. The van der Waals surface area contributed by atoms with Crippen molar-refractivity contribution in [3.63, 3.8) is 0 Å². The van der Waals surface area contributed by atoms with Crippen molar-refractivity contribution >= 4 is 15.9 Å². The summed E-state index contributed by atoms with van der Waals surface area (Å²) >= 11 is 3.34. The van der Waals surface area contributed by atoms with Crippen LogP contribution in [0.4, 0.5) is 0 Å². The topological polar surface area (TPSA) is 68.2 Å². The summed E-state index contributed by atoms with van der Waals surface area (Å²) in [7, 11) is 3.02. The first kappa shape index (κ1) is 15.2. The van der Waals surface area contributed by atoms with Crippen molar-refractivity contribution in [1.82, 2.24) is 0 Å². The third-order valence-electron chi connectivity index (χ3n) is 2.25. The summed E-state index contributed by atoms with van der Waals surface area (Å²) < 4.78 is 16.1. The van der Waals surface area contributed by atoms with Crippen molar-refractivity contribution in [2.45, 2.75) is 12.7 Å². The van der Waals surface area contributed by atoms with Gasteiger partial charge in [-0.05, 0) is 33.6 Å². The molecule has 1 unspecified atom stereocenters. The number of hydrogen-bond acceptors (Lipinski definition) is 5. The lowest BCUT2D eigenvalue weighted by atomic mass is 10.2. The van der Waals surface area contributed by atoms with Crippen LogP contribution in [0.5, 0.6) is 11.5 Å². The lowest BCUT2D eigenvalue weighted by Crippen LogP contribution is -2.22. The van der Waals surface area contributed by atoms with Gasteiger partial charge in [0.2, 0.25) is 0 Å². The quantitative estimate of drug-likeness (QED) is 0.793. The van der Waals surface area contributed by atoms with Crippen LogP contribution in [0.25, 0.3) is 0 Å². The van der Waals surface area contributed by atoms with E-state index in [4.69, 9.17) is 19.3 Å². The molecule has 0 heterocycles. The van der Waals surface area contributed by atoms with Crippen LogP contribution in [0.15, 0.2) is 16.6 Å². The van der Waals surface area contributed by atoms with E-state index in [-0.39, 0.29) is 19.8 Å². The van der Waals surface area contributed by atoms with Crippen LogP contribution in [0.1, 0.15) is 5.56 Å². The van der Waals surface area contributed by atoms with Gasteiger partial charge in [-0.25, -0.2) is 0 Å². The summed E-state index contributed by atoms with van der Waals surface area (Å²) in [5.74, 6) is 0.989. The number of hydrogen-bond donors (Lipinski definition) is 2. The van der Waals surface area contributed by atoms with Gasteiger partial charge >= 0.3 is 0 Å². The monoisotopic (exact) mass is 320 g/mol. The molecule has 0 aliphatic carbocycles. The van der Waals surface area contributed by atoms with E-state index < -0.39 is 6.10 Å². The molecule has 0 aliphatic heterocycles. The lowest BCUT2D eigenvalue weighted by molar-refractivity contribution is 0.0317. The van der Waals surface area contributed by atoms with Gasteiger partial charge in [0.15, 0.2) is 11.5 Å². The number of methoxy groups -OCH3 is 2. The highest BCUT2D eigenvalue weighted by molar-refractivity contribution is 9.10. The predicted molar refractivity (Wildman–Crippen MR) is 70.0 cm³/mol. The van der Waals surface area contributed by atoms with Gasteiger partial charge in [0, 0.05) is 7.11 Å². The van der Waals surface area contributed by atoms with Crippen molar-refractivity contribution in [2.75, 3.05) is 27.4 Å². The second kappa shape index (κ2) is 7.58. The Balaban J connectivity index is 2.81. The Hall–Kier alpha value is -0.820. The summed E-state index contributed by atoms with van der Waals surface area (Å²) in [6, 6.07) is 3.42. The van der Waals surface area contributed by atoms with Gasteiger partial charge < -0.3 is 24.4 Å². The maximum absolute atomic E-state index is 9.52. The molecular formula is C12H17BrO5. The van der Waals surface area contributed by atoms with E-state index >= 15 is 0 Å². The Morgan fingerprint density at radius 2 is 2.00 bits per heavy atom. The number of rotatable bonds is 7. The molecule has 0 amide bonds. The molecule has 0 aromatic heterocycles. The highest BCUT2D eigenvalue weighted by Gasteiger charge is 2.13. The molecule has 1 aromatic carbocycles.